The number of nitrogens with zero attached hydrogens (tertiary/aromatic N) is 1. The number of hydrogen-bond acceptors (Lipinski definition) is 0. The minimum absolute atomic E-state index is 0.942. The van der Waals surface area contributed by atoms with Crippen molar-refractivity contribution in [2.45, 2.75) is 20.3 Å². The molecule has 0 spiro atoms. The number of benzene rings is 6. The van der Waals surface area contributed by atoms with Crippen LogP contribution in [0.5, 0.6) is 0 Å². The van der Waals surface area contributed by atoms with E-state index < -0.39 is 0 Å². The number of aromatic amines is 1. The molecule has 2 heterocycles. The van der Waals surface area contributed by atoms with Gasteiger partial charge in [0.15, 0.2) is 0 Å². The summed E-state index contributed by atoms with van der Waals surface area (Å²) < 4.78 is 2.31. The normalized spacial score (nSPS) is 12.1. The Bertz CT molecular complexity index is 2550. The Morgan fingerprint density at radius 3 is 1.94 bits per heavy atom. The Morgan fingerprint density at radius 2 is 1.26 bits per heavy atom. The lowest BCUT2D eigenvalue weighted by atomic mass is 9.93. The van der Waals surface area contributed by atoms with E-state index in [4.69, 9.17) is 6.42 Å². The summed E-state index contributed by atoms with van der Waals surface area (Å²) >= 11 is 0. The van der Waals surface area contributed by atoms with Crippen molar-refractivity contribution in [2.75, 3.05) is 0 Å². The molecule has 8 rings (SSSR count). The van der Waals surface area contributed by atoms with Gasteiger partial charge in [-0.15, -0.1) is 6.42 Å². The molecule has 0 unspecified atom stereocenters. The molecule has 6 aromatic carbocycles. The van der Waals surface area contributed by atoms with Gasteiger partial charge in [0.2, 0.25) is 0 Å². The van der Waals surface area contributed by atoms with Crippen molar-refractivity contribution in [2.24, 2.45) is 0 Å². The molecule has 0 fully saturated rings. The Labute approximate surface area is 275 Å². The van der Waals surface area contributed by atoms with Gasteiger partial charge in [-0.2, -0.15) is 0 Å². The van der Waals surface area contributed by atoms with E-state index in [1.165, 1.54) is 66.0 Å². The zero-order valence-corrected chi connectivity index (χ0v) is 26.6. The number of aryl methyl sites for hydroxylation is 1. The van der Waals surface area contributed by atoms with Crippen LogP contribution in [0, 0.1) is 12.3 Å². The molecule has 47 heavy (non-hydrogen) atoms. The van der Waals surface area contributed by atoms with Gasteiger partial charge in [-0.25, -0.2) is 0 Å². The number of para-hydroxylation sites is 1. The van der Waals surface area contributed by atoms with Crippen LogP contribution in [0.2, 0.25) is 0 Å². The van der Waals surface area contributed by atoms with E-state index in [9.17, 15) is 0 Å². The van der Waals surface area contributed by atoms with Crippen molar-refractivity contribution in [1.29, 1.82) is 0 Å². The van der Waals surface area contributed by atoms with Gasteiger partial charge in [0.25, 0.3) is 0 Å². The van der Waals surface area contributed by atoms with Crippen LogP contribution >= 0.6 is 0 Å². The highest BCUT2D eigenvalue weighted by Gasteiger charge is 2.18. The van der Waals surface area contributed by atoms with E-state index in [2.05, 4.69) is 163 Å². The number of terminal acetylenes is 1. The number of aromatic nitrogens is 2. The van der Waals surface area contributed by atoms with Crippen LogP contribution in [0.25, 0.3) is 82.7 Å². The fraction of sp³-hybridized carbons (Fsp3) is 0.0667. The first kappa shape index (κ1) is 28.4. The lowest BCUT2D eigenvalue weighted by Gasteiger charge is -2.11. The molecule has 0 aliphatic carbocycles. The van der Waals surface area contributed by atoms with Gasteiger partial charge in [0.05, 0.1) is 16.6 Å². The van der Waals surface area contributed by atoms with Crippen LogP contribution in [0.1, 0.15) is 19.4 Å². The first-order valence-corrected chi connectivity index (χ1v) is 16.2. The number of fused-ring (bicyclic) bond motifs is 6. The third-order valence-corrected chi connectivity index (χ3v) is 9.38. The maximum absolute atomic E-state index is 5.60. The summed E-state index contributed by atoms with van der Waals surface area (Å²) in [4.78, 5) is 3.92. The molecule has 0 radical (unpaired) electrons. The Morgan fingerprint density at radius 1 is 0.638 bits per heavy atom. The molecule has 0 saturated heterocycles. The topological polar surface area (TPSA) is 20.7 Å². The molecule has 2 heteroatoms. The molecule has 2 nitrogen and oxygen atoms in total. The van der Waals surface area contributed by atoms with Crippen LogP contribution in [0.15, 0.2) is 146 Å². The van der Waals surface area contributed by atoms with E-state index in [-0.39, 0.29) is 0 Å². The average molecular weight is 603 g/mol. The standard InChI is InChI=1S/C45H34N2/c1-4-7-20-36(6-3)47-42-22-15-14-21-37(42)39-26-33(23-24-43(39)47)38-27-35(32-18-12-9-13-19-32)29-41-40-28-34(31-16-10-8-11-17-31)25-30(5-2)44(40)46-45(38)41/h1,6-29,46H,5H2,2-3H3. The molecule has 0 atom stereocenters. The van der Waals surface area contributed by atoms with Crippen molar-refractivity contribution in [3.63, 3.8) is 0 Å². The lowest BCUT2D eigenvalue weighted by molar-refractivity contribution is 1.15. The van der Waals surface area contributed by atoms with Gasteiger partial charge in [0, 0.05) is 38.3 Å². The smallest absolute Gasteiger partial charge is 0.0545 e. The van der Waals surface area contributed by atoms with E-state index in [1.807, 2.05) is 6.08 Å². The Balaban J connectivity index is 1.43. The molecular weight excluding hydrogens is 569 g/mol. The monoisotopic (exact) mass is 602 g/mol. The summed E-state index contributed by atoms with van der Waals surface area (Å²) in [6.07, 6.45) is 12.4. The summed E-state index contributed by atoms with van der Waals surface area (Å²) in [5.74, 6) is 2.65. The Hall–Kier alpha value is -6.04. The maximum atomic E-state index is 5.60. The SMILES string of the molecule is C#CC=CC(=CC)n1c2ccccc2c2cc(-c3cc(-c4ccccc4)cc4c3[nH]c3c(CC)cc(-c5ccccc5)cc34)ccc21. The number of allylic oxidation sites excluding steroid dienone is 4. The fourth-order valence-corrected chi connectivity index (χ4v) is 7.13. The molecule has 8 aromatic rings. The van der Waals surface area contributed by atoms with Gasteiger partial charge < -0.3 is 9.55 Å². The van der Waals surface area contributed by atoms with E-state index in [1.54, 1.807) is 6.08 Å². The molecule has 0 aliphatic rings. The zero-order valence-electron chi connectivity index (χ0n) is 26.6. The highest BCUT2D eigenvalue weighted by Crippen LogP contribution is 2.42. The zero-order chi connectivity index (χ0) is 31.9. The lowest BCUT2D eigenvalue weighted by Crippen LogP contribution is -1.94. The minimum atomic E-state index is 0.942. The molecule has 1 N–H and O–H groups in total. The highest BCUT2D eigenvalue weighted by atomic mass is 15.0. The number of H-pyrrole nitrogens is 1. The van der Waals surface area contributed by atoms with Crippen molar-refractivity contribution >= 4 is 49.3 Å². The molecule has 0 aliphatic heterocycles. The van der Waals surface area contributed by atoms with Crippen LogP contribution in [0.3, 0.4) is 0 Å². The highest BCUT2D eigenvalue weighted by molar-refractivity contribution is 6.17. The number of rotatable bonds is 6. The molecule has 0 amide bonds. The summed E-state index contributed by atoms with van der Waals surface area (Å²) in [6, 6.07) is 46.3. The van der Waals surface area contributed by atoms with Gasteiger partial charge >= 0.3 is 0 Å². The molecule has 224 valence electrons. The van der Waals surface area contributed by atoms with E-state index in [0.29, 0.717) is 0 Å². The van der Waals surface area contributed by atoms with E-state index in [0.717, 1.165) is 28.7 Å². The predicted octanol–water partition coefficient (Wildman–Crippen LogP) is 12.0. The average Bonchev–Trinajstić information content (AvgIpc) is 3.67. The summed E-state index contributed by atoms with van der Waals surface area (Å²) in [5.41, 5.74) is 14.3. The van der Waals surface area contributed by atoms with Crippen molar-refractivity contribution in [3.05, 3.63) is 151 Å². The predicted molar refractivity (Wildman–Crippen MR) is 202 cm³/mol. The first-order valence-electron chi connectivity index (χ1n) is 16.2. The second-order valence-electron chi connectivity index (χ2n) is 12.0. The van der Waals surface area contributed by atoms with Gasteiger partial charge in [0.1, 0.15) is 0 Å². The summed E-state index contributed by atoms with van der Waals surface area (Å²) in [5, 5.41) is 4.92. The van der Waals surface area contributed by atoms with Crippen LogP contribution < -0.4 is 0 Å². The van der Waals surface area contributed by atoms with Crippen LogP contribution in [-0.4, -0.2) is 9.55 Å². The van der Waals surface area contributed by atoms with E-state index >= 15 is 0 Å². The number of nitrogens with one attached hydrogen (secondary N) is 1. The van der Waals surface area contributed by atoms with Crippen LogP contribution in [0.4, 0.5) is 0 Å². The second kappa shape index (κ2) is 11.7. The molecule has 2 aromatic heterocycles. The molecule has 0 saturated carbocycles. The summed E-state index contributed by atoms with van der Waals surface area (Å²) in [7, 11) is 0. The molecule has 0 bridgehead atoms. The largest absolute Gasteiger partial charge is 0.354 e. The third kappa shape index (κ3) is 4.76. The first-order chi connectivity index (χ1) is 23.2. The van der Waals surface area contributed by atoms with Crippen molar-refractivity contribution in [3.8, 4) is 45.7 Å². The maximum Gasteiger partial charge on any atom is 0.0545 e. The molecular formula is C45H34N2. The van der Waals surface area contributed by atoms with Crippen molar-refractivity contribution < 1.29 is 0 Å². The number of hydrogen-bond donors (Lipinski definition) is 1. The Kier molecular flexibility index (Phi) is 7.09. The van der Waals surface area contributed by atoms with Gasteiger partial charge in [-0.05, 0) is 101 Å². The quantitative estimate of drug-likeness (QED) is 0.144. The van der Waals surface area contributed by atoms with Gasteiger partial charge in [-0.1, -0.05) is 104 Å². The minimum Gasteiger partial charge on any atom is -0.354 e. The summed E-state index contributed by atoms with van der Waals surface area (Å²) in [6.45, 7) is 4.30. The van der Waals surface area contributed by atoms with Gasteiger partial charge in [-0.3, -0.25) is 0 Å². The van der Waals surface area contributed by atoms with Crippen LogP contribution in [-0.2, 0) is 6.42 Å². The second-order valence-corrected chi connectivity index (χ2v) is 12.0. The van der Waals surface area contributed by atoms with Crippen molar-refractivity contribution in [1.82, 2.24) is 9.55 Å². The fourth-order valence-electron chi connectivity index (χ4n) is 7.13. The third-order valence-electron chi connectivity index (χ3n) is 9.38.